The van der Waals surface area contributed by atoms with E-state index in [1.54, 1.807) is 0 Å². The van der Waals surface area contributed by atoms with Crippen molar-refractivity contribution in [1.29, 1.82) is 0 Å². The Bertz CT molecular complexity index is 1600. The lowest BCUT2D eigenvalue weighted by molar-refractivity contribution is 0.0968. The van der Waals surface area contributed by atoms with Gasteiger partial charge in [-0.25, -0.2) is 0 Å². The number of unbranched alkanes of at least 4 members (excludes halogenated alkanes) is 2. The standard InChI is InChI=1S/C47H56N2O2/c50-46(15-7-9-25-48-27-21-38(22-28-48)31-36-11-3-1-4-12-36)40-17-19-44-42(33-40)35-43-34-41(18-20-45(43)44)47(51)16-8-10-26-49-29-23-39(24-30-49)32-37-13-5-2-6-14-37/h1-6,11-14,17-20,33-34,38-39H,7-10,15-16,21-32,35H2. The van der Waals surface area contributed by atoms with Crippen molar-refractivity contribution >= 4 is 11.6 Å². The molecule has 3 aliphatic rings. The second-order valence-electron chi connectivity index (χ2n) is 15.6. The fraction of sp³-hybridized carbons (Fsp3) is 0.447. The van der Waals surface area contributed by atoms with Gasteiger partial charge in [0, 0.05) is 24.0 Å². The van der Waals surface area contributed by atoms with Gasteiger partial charge in [0.1, 0.15) is 0 Å². The van der Waals surface area contributed by atoms with Gasteiger partial charge in [-0.2, -0.15) is 0 Å². The maximum Gasteiger partial charge on any atom is 0.162 e. The largest absolute Gasteiger partial charge is 0.303 e. The van der Waals surface area contributed by atoms with E-state index >= 15 is 0 Å². The van der Waals surface area contributed by atoms with Crippen molar-refractivity contribution in [3.05, 3.63) is 130 Å². The van der Waals surface area contributed by atoms with E-state index in [9.17, 15) is 9.59 Å². The first kappa shape index (κ1) is 35.5. The Morgan fingerprint density at radius 2 is 0.922 bits per heavy atom. The van der Waals surface area contributed by atoms with Crippen LogP contribution in [0.3, 0.4) is 0 Å². The molecule has 2 heterocycles. The smallest absolute Gasteiger partial charge is 0.162 e. The lowest BCUT2D eigenvalue weighted by atomic mass is 9.90. The molecule has 0 radical (unpaired) electrons. The van der Waals surface area contributed by atoms with Gasteiger partial charge in [-0.3, -0.25) is 9.59 Å². The molecule has 0 bridgehead atoms. The van der Waals surface area contributed by atoms with Crippen molar-refractivity contribution in [3.8, 4) is 11.1 Å². The Kier molecular flexibility index (Phi) is 12.2. The summed E-state index contributed by atoms with van der Waals surface area (Å²) in [5, 5.41) is 0. The number of nitrogens with zero attached hydrogens (tertiary/aromatic N) is 2. The predicted octanol–water partition coefficient (Wildman–Crippen LogP) is 9.87. The number of piperidine rings is 2. The minimum atomic E-state index is 0.253. The van der Waals surface area contributed by atoms with Crippen LogP contribution in [0.4, 0.5) is 0 Å². The molecule has 7 rings (SSSR count). The third-order valence-electron chi connectivity index (χ3n) is 11.9. The van der Waals surface area contributed by atoms with Gasteiger partial charge in [-0.05, 0) is 167 Å². The van der Waals surface area contributed by atoms with Crippen molar-refractivity contribution in [2.45, 2.75) is 83.5 Å². The van der Waals surface area contributed by atoms with Crippen LogP contribution < -0.4 is 0 Å². The van der Waals surface area contributed by atoms with Crippen molar-refractivity contribution in [3.63, 3.8) is 0 Å². The molecule has 4 nitrogen and oxygen atoms in total. The van der Waals surface area contributed by atoms with E-state index in [1.807, 2.05) is 12.1 Å². The Hall–Kier alpha value is -3.86. The van der Waals surface area contributed by atoms with Crippen LogP contribution in [-0.4, -0.2) is 60.6 Å². The molecule has 0 saturated carbocycles. The van der Waals surface area contributed by atoms with Gasteiger partial charge in [-0.15, -0.1) is 0 Å². The molecule has 4 aromatic carbocycles. The quantitative estimate of drug-likeness (QED) is 0.0769. The lowest BCUT2D eigenvalue weighted by Gasteiger charge is -2.32. The van der Waals surface area contributed by atoms with Crippen LogP contribution in [0, 0.1) is 11.8 Å². The highest BCUT2D eigenvalue weighted by molar-refractivity contribution is 5.99. The first-order valence-electron chi connectivity index (χ1n) is 19.9. The fourth-order valence-corrected chi connectivity index (χ4v) is 8.81. The molecule has 0 atom stereocenters. The molecule has 266 valence electrons. The summed E-state index contributed by atoms with van der Waals surface area (Å²) in [6.45, 7) is 6.91. The first-order valence-corrected chi connectivity index (χ1v) is 19.9. The number of hydrogen-bond acceptors (Lipinski definition) is 4. The van der Waals surface area contributed by atoms with Gasteiger partial charge >= 0.3 is 0 Å². The Morgan fingerprint density at radius 1 is 0.510 bits per heavy atom. The number of benzene rings is 4. The van der Waals surface area contributed by atoms with E-state index < -0.39 is 0 Å². The van der Waals surface area contributed by atoms with Gasteiger partial charge in [0.2, 0.25) is 0 Å². The molecule has 0 unspecified atom stereocenters. The highest BCUT2D eigenvalue weighted by Gasteiger charge is 2.23. The lowest BCUT2D eigenvalue weighted by Crippen LogP contribution is -2.35. The van der Waals surface area contributed by atoms with Gasteiger partial charge in [0.05, 0.1) is 0 Å². The van der Waals surface area contributed by atoms with E-state index in [4.69, 9.17) is 0 Å². The summed E-state index contributed by atoms with van der Waals surface area (Å²) >= 11 is 0. The minimum absolute atomic E-state index is 0.253. The van der Waals surface area contributed by atoms with E-state index in [1.165, 1.54) is 98.1 Å². The molecule has 1 aliphatic carbocycles. The summed E-state index contributed by atoms with van der Waals surface area (Å²) in [4.78, 5) is 31.5. The van der Waals surface area contributed by atoms with Crippen LogP contribution in [0.25, 0.3) is 11.1 Å². The maximum absolute atomic E-state index is 13.2. The van der Waals surface area contributed by atoms with Crippen molar-refractivity contribution < 1.29 is 9.59 Å². The first-order chi connectivity index (χ1) is 25.1. The van der Waals surface area contributed by atoms with Gasteiger partial charge < -0.3 is 9.80 Å². The Morgan fingerprint density at radius 3 is 1.33 bits per heavy atom. The molecule has 0 amide bonds. The summed E-state index contributed by atoms with van der Waals surface area (Å²) in [6.07, 6.45) is 13.6. The molecular weight excluding hydrogens is 625 g/mol. The van der Waals surface area contributed by atoms with E-state index in [2.05, 4.69) is 94.7 Å². The predicted molar refractivity (Wildman–Crippen MR) is 210 cm³/mol. The molecule has 51 heavy (non-hydrogen) atoms. The van der Waals surface area contributed by atoms with Crippen LogP contribution in [0.1, 0.15) is 107 Å². The summed E-state index contributed by atoms with van der Waals surface area (Å²) in [5.41, 5.74) is 9.44. The van der Waals surface area contributed by atoms with Crippen LogP contribution in [0.2, 0.25) is 0 Å². The number of Topliss-reactive ketones (excluding diaryl/α,β-unsaturated/α-hetero) is 2. The highest BCUT2D eigenvalue weighted by Crippen LogP contribution is 2.38. The number of ketones is 2. The van der Waals surface area contributed by atoms with Gasteiger partial charge in [0.15, 0.2) is 11.6 Å². The number of likely N-dealkylation sites (tertiary alicyclic amines) is 2. The van der Waals surface area contributed by atoms with Crippen molar-refractivity contribution in [1.82, 2.24) is 9.80 Å². The van der Waals surface area contributed by atoms with Crippen molar-refractivity contribution in [2.75, 3.05) is 39.3 Å². The van der Waals surface area contributed by atoms with Crippen LogP contribution in [-0.2, 0) is 19.3 Å². The summed E-state index contributed by atoms with van der Waals surface area (Å²) < 4.78 is 0. The Labute approximate surface area is 306 Å². The molecule has 2 aliphatic heterocycles. The van der Waals surface area contributed by atoms with Crippen LogP contribution in [0.15, 0.2) is 97.1 Å². The highest BCUT2D eigenvalue weighted by atomic mass is 16.1. The normalized spacial score (nSPS) is 16.9. The zero-order valence-corrected chi connectivity index (χ0v) is 30.5. The zero-order valence-electron chi connectivity index (χ0n) is 30.5. The second kappa shape index (κ2) is 17.6. The number of carbonyl (C=O) groups excluding carboxylic acids is 2. The summed E-state index contributed by atoms with van der Waals surface area (Å²) in [6, 6.07) is 34.3. The Balaban J connectivity index is 0.794. The number of fused-ring (bicyclic) bond motifs is 3. The number of rotatable bonds is 16. The molecule has 0 spiro atoms. The molecule has 4 heteroatoms. The fourth-order valence-electron chi connectivity index (χ4n) is 8.81. The average molecular weight is 681 g/mol. The molecule has 4 aromatic rings. The van der Waals surface area contributed by atoms with E-state index in [-0.39, 0.29) is 11.6 Å². The van der Waals surface area contributed by atoms with Crippen molar-refractivity contribution in [2.24, 2.45) is 11.8 Å². The van der Waals surface area contributed by atoms with E-state index in [0.29, 0.717) is 12.8 Å². The summed E-state index contributed by atoms with van der Waals surface area (Å²) in [5.74, 6) is 2.09. The zero-order chi connectivity index (χ0) is 34.8. The van der Waals surface area contributed by atoms with Gasteiger partial charge in [0.25, 0.3) is 0 Å². The molecule has 0 aromatic heterocycles. The van der Waals surface area contributed by atoms with Crippen LogP contribution in [0.5, 0.6) is 0 Å². The third kappa shape index (κ3) is 9.73. The molecule has 2 fully saturated rings. The monoisotopic (exact) mass is 680 g/mol. The minimum Gasteiger partial charge on any atom is -0.303 e. The molecular formula is C47H56N2O2. The second-order valence-corrected chi connectivity index (χ2v) is 15.6. The van der Waals surface area contributed by atoms with E-state index in [0.717, 1.165) is 68.2 Å². The van der Waals surface area contributed by atoms with Gasteiger partial charge in [-0.1, -0.05) is 84.9 Å². The third-order valence-corrected chi connectivity index (χ3v) is 11.9. The average Bonchev–Trinajstić information content (AvgIpc) is 3.54. The summed E-state index contributed by atoms with van der Waals surface area (Å²) in [7, 11) is 0. The molecule has 0 N–H and O–H groups in total. The van der Waals surface area contributed by atoms with Crippen LogP contribution >= 0.6 is 0 Å². The SMILES string of the molecule is O=C(CCCCN1CCC(Cc2ccccc2)CC1)c1ccc2c(c1)Cc1cc(C(=O)CCCCN3CCC(Cc4ccccc4)CC3)ccc1-2. The topological polar surface area (TPSA) is 40.6 Å². The number of carbonyl (C=O) groups is 2. The molecule has 2 saturated heterocycles. The number of hydrogen-bond donors (Lipinski definition) is 0. The maximum atomic E-state index is 13.2.